The van der Waals surface area contributed by atoms with Crippen molar-refractivity contribution in [2.45, 2.75) is 32.1 Å². The van der Waals surface area contributed by atoms with Crippen LogP contribution in [0.3, 0.4) is 0 Å². The van der Waals surface area contributed by atoms with E-state index >= 15 is 0 Å². The third-order valence-electron chi connectivity index (χ3n) is 4.30. The standard InChI is InChI=1S/C18H18F3N3O/c19-13-7-8-14(17(21)16(13)20)24-15-9-6-12(10-22-15)23-18(25)11-4-2-1-3-5-11/h6-11H,1-5H2,(H,22,24)(H,23,25). The third kappa shape index (κ3) is 4.10. The number of hydrogen-bond donors (Lipinski definition) is 2. The van der Waals surface area contributed by atoms with Crippen LogP contribution in [-0.4, -0.2) is 10.9 Å². The van der Waals surface area contributed by atoms with Crippen LogP contribution in [-0.2, 0) is 4.79 Å². The van der Waals surface area contributed by atoms with E-state index in [0.717, 1.165) is 37.8 Å². The van der Waals surface area contributed by atoms with E-state index in [1.54, 1.807) is 6.07 Å². The smallest absolute Gasteiger partial charge is 0.227 e. The van der Waals surface area contributed by atoms with Crippen molar-refractivity contribution in [3.8, 4) is 0 Å². The van der Waals surface area contributed by atoms with Gasteiger partial charge in [0.05, 0.1) is 17.6 Å². The molecule has 0 radical (unpaired) electrons. The summed E-state index contributed by atoms with van der Waals surface area (Å²) in [6.45, 7) is 0. The maximum absolute atomic E-state index is 13.6. The number of hydrogen-bond acceptors (Lipinski definition) is 3. The molecule has 1 fully saturated rings. The molecular weight excluding hydrogens is 331 g/mol. The van der Waals surface area contributed by atoms with Crippen molar-refractivity contribution in [3.05, 3.63) is 47.9 Å². The van der Waals surface area contributed by atoms with E-state index in [1.165, 1.54) is 18.7 Å². The van der Waals surface area contributed by atoms with Gasteiger partial charge in [0.25, 0.3) is 0 Å². The number of nitrogens with one attached hydrogen (secondary N) is 2. The highest BCUT2D eigenvalue weighted by atomic mass is 19.2. The quantitative estimate of drug-likeness (QED) is 0.783. The zero-order valence-electron chi connectivity index (χ0n) is 13.5. The number of rotatable bonds is 4. The first-order valence-corrected chi connectivity index (χ1v) is 8.22. The molecule has 2 aromatic rings. The van der Waals surface area contributed by atoms with Gasteiger partial charge >= 0.3 is 0 Å². The van der Waals surface area contributed by atoms with Crippen molar-refractivity contribution in [1.29, 1.82) is 0 Å². The molecule has 132 valence electrons. The van der Waals surface area contributed by atoms with E-state index in [1.807, 2.05) is 0 Å². The first kappa shape index (κ1) is 17.3. The summed E-state index contributed by atoms with van der Waals surface area (Å²) in [6, 6.07) is 5.07. The van der Waals surface area contributed by atoms with Gasteiger partial charge in [-0.05, 0) is 37.1 Å². The van der Waals surface area contributed by atoms with Gasteiger partial charge in [0.2, 0.25) is 5.91 Å². The molecular formula is C18H18F3N3O. The van der Waals surface area contributed by atoms with Crippen molar-refractivity contribution < 1.29 is 18.0 Å². The van der Waals surface area contributed by atoms with Crippen molar-refractivity contribution >= 4 is 23.1 Å². The Kier molecular flexibility index (Phi) is 5.21. The Morgan fingerprint density at radius 3 is 2.44 bits per heavy atom. The Hall–Kier alpha value is -2.57. The number of halogens is 3. The minimum Gasteiger partial charge on any atom is -0.338 e. The molecule has 3 rings (SSSR count). The Labute approximate surface area is 143 Å². The van der Waals surface area contributed by atoms with Gasteiger partial charge in [0, 0.05) is 5.92 Å². The van der Waals surface area contributed by atoms with E-state index in [-0.39, 0.29) is 23.3 Å². The van der Waals surface area contributed by atoms with Gasteiger partial charge in [-0.15, -0.1) is 0 Å². The largest absolute Gasteiger partial charge is 0.338 e. The van der Waals surface area contributed by atoms with Crippen molar-refractivity contribution in [3.63, 3.8) is 0 Å². The lowest BCUT2D eigenvalue weighted by Crippen LogP contribution is -2.24. The zero-order valence-corrected chi connectivity index (χ0v) is 13.5. The third-order valence-corrected chi connectivity index (χ3v) is 4.30. The molecule has 1 heterocycles. The second kappa shape index (κ2) is 7.55. The number of carbonyl (C=O) groups excluding carboxylic acids is 1. The lowest BCUT2D eigenvalue weighted by atomic mass is 9.88. The highest BCUT2D eigenvalue weighted by Crippen LogP contribution is 2.26. The van der Waals surface area contributed by atoms with Crippen LogP contribution >= 0.6 is 0 Å². The Bertz CT molecular complexity index is 759. The van der Waals surface area contributed by atoms with Crippen LogP contribution in [0.2, 0.25) is 0 Å². The number of pyridine rings is 1. The summed E-state index contributed by atoms with van der Waals surface area (Å²) in [7, 11) is 0. The van der Waals surface area contributed by atoms with Crippen LogP contribution in [0.1, 0.15) is 32.1 Å². The fourth-order valence-corrected chi connectivity index (χ4v) is 2.91. The number of carbonyl (C=O) groups is 1. The second-order valence-corrected chi connectivity index (χ2v) is 6.10. The predicted molar refractivity (Wildman–Crippen MR) is 89.0 cm³/mol. The van der Waals surface area contributed by atoms with Crippen LogP contribution in [0, 0.1) is 23.4 Å². The molecule has 0 bridgehead atoms. The molecule has 1 aliphatic rings. The molecule has 0 aliphatic heterocycles. The van der Waals surface area contributed by atoms with Crippen molar-refractivity contribution in [1.82, 2.24) is 4.98 Å². The summed E-state index contributed by atoms with van der Waals surface area (Å²) in [5, 5.41) is 5.40. The summed E-state index contributed by atoms with van der Waals surface area (Å²) in [5.74, 6) is -3.84. The summed E-state index contributed by atoms with van der Waals surface area (Å²) < 4.78 is 39.8. The summed E-state index contributed by atoms with van der Waals surface area (Å²) in [6.07, 6.45) is 6.54. The summed E-state index contributed by atoms with van der Waals surface area (Å²) >= 11 is 0. The van der Waals surface area contributed by atoms with Crippen molar-refractivity contribution in [2.75, 3.05) is 10.6 Å². The van der Waals surface area contributed by atoms with Crippen molar-refractivity contribution in [2.24, 2.45) is 5.92 Å². The number of anilines is 3. The molecule has 1 aliphatic carbocycles. The first-order valence-electron chi connectivity index (χ1n) is 8.22. The molecule has 1 saturated carbocycles. The van der Waals surface area contributed by atoms with Crippen LogP contribution < -0.4 is 10.6 Å². The number of aromatic nitrogens is 1. The number of nitrogens with zero attached hydrogens (tertiary/aromatic N) is 1. The maximum Gasteiger partial charge on any atom is 0.227 e. The molecule has 1 aromatic heterocycles. The fraction of sp³-hybridized carbons (Fsp3) is 0.333. The van der Waals surface area contributed by atoms with Crippen LogP contribution in [0.15, 0.2) is 30.5 Å². The minimum atomic E-state index is -1.54. The molecule has 7 heteroatoms. The highest BCUT2D eigenvalue weighted by molar-refractivity contribution is 5.92. The molecule has 1 amide bonds. The average molecular weight is 349 g/mol. The van der Waals surface area contributed by atoms with Crippen LogP contribution in [0.4, 0.5) is 30.4 Å². The topological polar surface area (TPSA) is 54.0 Å². The van der Waals surface area contributed by atoms with Gasteiger partial charge in [0.15, 0.2) is 17.5 Å². The maximum atomic E-state index is 13.6. The lowest BCUT2D eigenvalue weighted by molar-refractivity contribution is -0.120. The summed E-state index contributed by atoms with van der Waals surface area (Å²) in [4.78, 5) is 16.2. The molecule has 2 N–H and O–H groups in total. The molecule has 0 unspecified atom stereocenters. The zero-order chi connectivity index (χ0) is 17.8. The van der Waals surface area contributed by atoms with E-state index < -0.39 is 17.5 Å². The van der Waals surface area contributed by atoms with Gasteiger partial charge in [-0.2, -0.15) is 0 Å². The number of amides is 1. The first-order chi connectivity index (χ1) is 12.0. The molecule has 0 saturated heterocycles. The normalized spacial score (nSPS) is 15.0. The fourth-order valence-electron chi connectivity index (χ4n) is 2.91. The molecule has 0 spiro atoms. The number of benzene rings is 1. The predicted octanol–water partition coefficient (Wildman–Crippen LogP) is 4.76. The molecule has 4 nitrogen and oxygen atoms in total. The summed E-state index contributed by atoms with van der Waals surface area (Å²) in [5.41, 5.74) is 0.317. The molecule has 1 aromatic carbocycles. The Morgan fingerprint density at radius 2 is 1.76 bits per heavy atom. The Morgan fingerprint density at radius 1 is 1.00 bits per heavy atom. The highest BCUT2D eigenvalue weighted by Gasteiger charge is 2.21. The van der Waals surface area contributed by atoms with Gasteiger partial charge in [0.1, 0.15) is 5.82 Å². The minimum absolute atomic E-state index is 0.0196. The van der Waals surface area contributed by atoms with E-state index in [2.05, 4.69) is 15.6 Å². The molecule has 0 atom stereocenters. The van der Waals surface area contributed by atoms with E-state index in [0.29, 0.717) is 5.69 Å². The van der Waals surface area contributed by atoms with Gasteiger partial charge < -0.3 is 10.6 Å². The van der Waals surface area contributed by atoms with E-state index in [4.69, 9.17) is 0 Å². The van der Waals surface area contributed by atoms with Crippen LogP contribution in [0.5, 0.6) is 0 Å². The van der Waals surface area contributed by atoms with Gasteiger partial charge in [-0.25, -0.2) is 18.2 Å². The Balaban J connectivity index is 1.64. The SMILES string of the molecule is O=C(Nc1ccc(Nc2ccc(F)c(F)c2F)nc1)C1CCCCC1. The van der Waals surface area contributed by atoms with E-state index in [9.17, 15) is 18.0 Å². The van der Waals surface area contributed by atoms with Gasteiger partial charge in [-0.1, -0.05) is 19.3 Å². The van der Waals surface area contributed by atoms with Gasteiger partial charge in [-0.3, -0.25) is 4.79 Å². The molecule has 25 heavy (non-hydrogen) atoms. The second-order valence-electron chi connectivity index (χ2n) is 6.10. The lowest BCUT2D eigenvalue weighted by Gasteiger charge is -2.20. The van der Waals surface area contributed by atoms with Crippen LogP contribution in [0.25, 0.3) is 0 Å². The monoisotopic (exact) mass is 349 g/mol. The average Bonchev–Trinajstić information content (AvgIpc) is 2.64.